The number of benzene rings is 1. The van der Waals surface area contributed by atoms with E-state index in [4.69, 9.17) is 16.3 Å². The van der Waals surface area contributed by atoms with Gasteiger partial charge in [0, 0.05) is 28.7 Å². The van der Waals surface area contributed by atoms with Crippen LogP contribution in [0.15, 0.2) is 47.4 Å². The van der Waals surface area contributed by atoms with Crippen molar-refractivity contribution < 1.29 is 9.53 Å². The van der Waals surface area contributed by atoms with E-state index in [1.54, 1.807) is 39.9 Å². The molecule has 0 bridgehead atoms. The fraction of sp³-hybridized carbons (Fsp3) is 0.286. The molecule has 0 N–H and O–H groups in total. The van der Waals surface area contributed by atoms with Gasteiger partial charge >= 0.3 is 6.09 Å². The van der Waals surface area contributed by atoms with E-state index in [9.17, 15) is 9.59 Å². The van der Waals surface area contributed by atoms with Gasteiger partial charge in [-0.25, -0.2) is 9.78 Å². The maximum absolute atomic E-state index is 13.3. The number of fused-ring (bicyclic) bond motifs is 3. The van der Waals surface area contributed by atoms with E-state index in [0.29, 0.717) is 47.2 Å². The number of amides is 1. The van der Waals surface area contributed by atoms with Gasteiger partial charge in [-0.2, -0.15) is 0 Å². The van der Waals surface area contributed by atoms with Crippen molar-refractivity contribution in [1.82, 2.24) is 9.55 Å². The summed E-state index contributed by atoms with van der Waals surface area (Å²) in [5.74, 6) is 0.236. The van der Waals surface area contributed by atoms with E-state index >= 15 is 0 Å². The van der Waals surface area contributed by atoms with E-state index in [2.05, 4.69) is 4.98 Å². The number of hydrogen-bond donors (Lipinski definition) is 0. The lowest BCUT2D eigenvalue weighted by atomic mass is 10.1. The number of halogens is 1. The fourth-order valence-electron chi connectivity index (χ4n) is 3.48. The quantitative estimate of drug-likeness (QED) is 0.664. The van der Waals surface area contributed by atoms with Crippen molar-refractivity contribution in [3.63, 3.8) is 0 Å². The van der Waals surface area contributed by atoms with Crippen molar-refractivity contribution in [3.05, 3.63) is 63.5 Å². The molecule has 3 heterocycles. The third kappa shape index (κ3) is 3.14. The van der Waals surface area contributed by atoms with Gasteiger partial charge < -0.3 is 4.74 Å². The SMILES string of the molecule is CC(C)COC(=O)N1CCc2c1c1cccnc1n(-c1cccc(Cl)c1)c2=O. The first-order valence-corrected chi connectivity index (χ1v) is 9.58. The predicted molar refractivity (Wildman–Crippen MR) is 110 cm³/mol. The number of ether oxygens (including phenoxy) is 1. The molecule has 3 aromatic rings. The summed E-state index contributed by atoms with van der Waals surface area (Å²) in [7, 11) is 0. The van der Waals surface area contributed by atoms with Crippen LogP contribution in [0, 0.1) is 5.92 Å². The van der Waals surface area contributed by atoms with Crippen molar-refractivity contribution in [1.29, 1.82) is 0 Å². The third-order valence-corrected chi connectivity index (χ3v) is 4.92. The Hall–Kier alpha value is -2.86. The Labute approximate surface area is 167 Å². The topological polar surface area (TPSA) is 64.4 Å². The summed E-state index contributed by atoms with van der Waals surface area (Å²) < 4.78 is 6.96. The number of aromatic nitrogens is 2. The molecular formula is C21H20ClN3O3. The molecule has 2 aromatic heterocycles. The van der Waals surface area contributed by atoms with Crippen LogP contribution in [-0.4, -0.2) is 28.8 Å². The number of carbonyl (C=O) groups is 1. The van der Waals surface area contributed by atoms with Crippen molar-refractivity contribution >= 4 is 34.4 Å². The molecule has 0 saturated carbocycles. The Morgan fingerprint density at radius 1 is 1.29 bits per heavy atom. The van der Waals surface area contributed by atoms with Crippen molar-refractivity contribution in [2.75, 3.05) is 18.1 Å². The maximum atomic E-state index is 13.3. The highest BCUT2D eigenvalue weighted by atomic mass is 35.5. The Morgan fingerprint density at radius 3 is 2.86 bits per heavy atom. The summed E-state index contributed by atoms with van der Waals surface area (Å²) in [4.78, 5) is 31.9. The van der Waals surface area contributed by atoms with Crippen LogP contribution in [0.2, 0.25) is 5.02 Å². The maximum Gasteiger partial charge on any atom is 0.414 e. The monoisotopic (exact) mass is 397 g/mol. The summed E-state index contributed by atoms with van der Waals surface area (Å²) in [5.41, 5.74) is 2.12. The predicted octanol–water partition coefficient (Wildman–Crippen LogP) is 4.19. The smallest absolute Gasteiger partial charge is 0.414 e. The van der Waals surface area contributed by atoms with Crippen LogP contribution in [0.4, 0.5) is 10.5 Å². The first-order valence-electron chi connectivity index (χ1n) is 9.20. The van der Waals surface area contributed by atoms with Gasteiger partial charge in [-0.05, 0) is 42.7 Å². The highest BCUT2D eigenvalue weighted by Gasteiger charge is 2.32. The summed E-state index contributed by atoms with van der Waals surface area (Å²) in [6.07, 6.45) is 1.67. The summed E-state index contributed by atoms with van der Waals surface area (Å²) in [6.45, 7) is 4.70. The number of anilines is 1. The standard InChI is InChI=1S/C21H20ClN3O3/c1-13(2)12-28-21(27)24-10-8-17-18(24)16-7-4-9-23-19(16)25(20(17)26)15-6-3-5-14(22)11-15/h3-7,9,11,13H,8,10,12H2,1-2H3. The molecule has 1 amide bonds. The van der Waals surface area contributed by atoms with Crippen LogP contribution in [-0.2, 0) is 11.2 Å². The molecular weight excluding hydrogens is 378 g/mol. The van der Waals surface area contributed by atoms with Crippen molar-refractivity contribution in [3.8, 4) is 5.69 Å². The minimum atomic E-state index is -0.433. The average Bonchev–Trinajstić information content (AvgIpc) is 3.12. The third-order valence-electron chi connectivity index (χ3n) is 4.68. The zero-order chi connectivity index (χ0) is 19.8. The van der Waals surface area contributed by atoms with Crippen LogP contribution in [0.25, 0.3) is 16.7 Å². The highest BCUT2D eigenvalue weighted by molar-refractivity contribution is 6.30. The van der Waals surface area contributed by atoms with Crippen molar-refractivity contribution in [2.24, 2.45) is 5.92 Å². The van der Waals surface area contributed by atoms with Crippen LogP contribution in [0.5, 0.6) is 0 Å². The number of nitrogens with zero attached hydrogens (tertiary/aromatic N) is 3. The van der Waals surface area contributed by atoms with Gasteiger partial charge in [-0.3, -0.25) is 14.3 Å². The van der Waals surface area contributed by atoms with Gasteiger partial charge in [0.1, 0.15) is 5.65 Å². The number of carbonyl (C=O) groups excluding carboxylic acids is 1. The van der Waals surface area contributed by atoms with Gasteiger partial charge in [0.05, 0.1) is 18.0 Å². The molecule has 0 spiro atoms. The Kier molecular flexibility index (Phi) is 4.81. The fourth-order valence-corrected chi connectivity index (χ4v) is 3.66. The average molecular weight is 398 g/mol. The molecule has 0 fully saturated rings. The summed E-state index contributed by atoms with van der Waals surface area (Å²) in [5, 5.41) is 1.27. The number of hydrogen-bond acceptors (Lipinski definition) is 4. The second-order valence-electron chi connectivity index (χ2n) is 7.19. The summed E-state index contributed by atoms with van der Waals surface area (Å²) in [6, 6.07) is 10.8. The van der Waals surface area contributed by atoms with E-state index < -0.39 is 6.09 Å². The van der Waals surface area contributed by atoms with Gasteiger partial charge in [0.2, 0.25) is 0 Å². The molecule has 0 aliphatic carbocycles. The number of pyridine rings is 2. The Balaban J connectivity index is 1.91. The first kappa shape index (κ1) is 18.5. The molecule has 1 aliphatic rings. The van der Waals surface area contributed by atoms with Crippen molar-refractivity contribution in [2.45, 2.75) is 20.3 Å². The molecule has 0 unspecified atom stereocenters. The van der Waals surface area contributed by atoms with Crippen LogP contribution in [0.1, 0.15) is 19.4 Å². The Bertz CT molecular complexity index is 1120. The molecule has 0 radical (unpaired) electrons. The summed E-state index contributed by atoms with van der Waals surface area (Å²) >= 11 is 6.14. The van der Waals surface area contributed by atoms with E-state index in [1.165, 1.54) is 0 Å². The number of rotatable bonds is 3. The normalized spacial score (nSPS) is 13.2. The van der Waals surface area contributed by atoms with Crippen LogP contribution < -0.4 is 10.5 Å². The first-order chi connectivity index (χ1) is 13.5. The zero-order valence-corrected chi connectivity index (χ0v) is 16.4. The van der Waals surface area contributed by atoms with E-state index in [-0.39, 0.29) is 11.5 Å². The molecule has 4 rings (SSSR count). The van der Waals surface area contributed by atoms with E-state index in [0.717, 1.165) is 5.39 Å². The molecule has 144 valence electrons. The van der Waals surface area contributed by atoms with Gasteiger partial charge in [0.25, 0.3) is 5.56 Å². The molecule has 0 saturated heterocycles. The highest BCUT2D eigenvalue weighted by Crippen LogP contribution is 2.34. The minimum absolute atomic E-state index is 0.192. The van der Waals surface area contributed by atoms with Crippen LogP contribution >= 0.6 is 11.6 Å². The van der Waals surface area contributed by atoms with Gasteiger partial charge in [0.15, 0.2) is 0 Å². The molecule has 1 aromatic carbocycles. The lowest BCUT2D eigenvalue weighted by Gasteiger charge is -2.20. The molecule has 7 heteroatoms. The lowest BCUT2D eigenvalue weighted by Crippen LogP contribution is -2.31. The Morgan fingerprint density at radius 2 is 2.11 bits per heavy atom. The zero-order valence-electron chi connectivity index (χ0n) is 15.7. The second kappa shape index (κ2) is 7.28. The van der Waals surface area contributed by atoms with Gasteiger partial charge in [-0.1, -0.05) is 31.5 Å². The largest absolute Gasteiger partial charge is 0.449 e. The minimum Gasteiger partial charge on any atom is -0.449 e. The molecule has 0 atom stereocenters. The van der Waals surface area contributed by atoms with E-state index in [1.807, 2.05) is 26.0 Å². The molecule has 28 heavy (non-hydrogen) atoms. The lowest BCUT2D eigenvalue weighted by molar-refractivity contribution is 0.140. The van der Waals surface area contributed by atoms with Crippen LogP contribution in [0.3, 0.4) is 0 Å². The van der Waals surface area contributed by atoms with Gasteiger partial charge in [-0.15, -0.1) is 0 Å². The second-order valence-corrected chi connectivity index (χ2v) is 7.63. The molecule has 6 nitrogen and oxygen atoms in total. The molecule has 1 aliphatic heterocycles.